The summed E-state index contributed by atoms with van der Waals surface area (Å²) in [5.74, 6) is 0.551. The first-order valence-corrected chi connectivity index (χ1v) is 15.7. The number of nitrogens with zero attached hydrogens (tertiary/aromatic N) is 2. The minimum absolute atomic E-state index is 0.150. The van der Waals surface area contributed by atoms with Gasteiger partial charge in [-0.2, -0.15) is 0 Å². The first-order valence-electron chi connectivity index (χ1n) is 15.7. The van der Waals surface area contributed by atoms with Crippen LogP contribution in [0.25, 0.3) is 0 Å². The zero-order chi connectivity index (χ0) is 31.0. The van der Waals surface area contributed by atoms with Gasteiger partial charge < -0.3 is 20.0 Å². The Bertz CT molecular complexity index is 1710. The molecule has 5 aromatic rings. The van der Waals surface area contributed by atoms with Crippen molar-refractivity contribution in [2.45, 2.75) is 25.7 Å². The molecule has 4 heteroatoms. The summed E-state index contributed by atoms with van der Waals surface area (Å²) in [4.78, 5) is 4.58. The third kappa shape index (κ3) is 6.93. The molecular formula is C41H40N2O2. The molecule has 0 saturated carbocycles. The van der Waals surface area contributed by atoms with Gasteiger partial charge in [0.2, 0.25) is 0 Å². The fourth-order valence-corrected chi connectivity index (χ4v) is 6.15. The lowest BCUT2D eigenvalue weighted by Gasteiger charge is -2.32. The summed E-state index contributed by atoms with van der Waals surface area (Å²) in [5.41, 5.74) is 10.2. The van der Waals surface area contributed by atoms with Crippen LogP contribution in [0.15, 0.2) is 157 Å². The van der Waals surface area contributed by atoms with Crippen molar-refractivity contribution in [3.8, 4) is 0 Å². The van der Waals surface area contributed by atoms with Crippen molar-refractivity contribution >= 4 is 28.4 Å². The summed E-state index contributed by atoms with van der Waals surface area (Å²) >= 11 is 0. The van der Waals surface area contributed by atoms with Gasteiger partial charge in [-0.1, -0.05) is 91.9 Å². The predicted molar refractivity (Wildman–Crippen MR) is 187 cm³/mol. The van der Waals surface area contributed by atoms with Crippen LogP contribution in [-0.4, -0.2) is 23.4 Å². The van der Waals surface area contributed by atoms with Crippen molar-refractivity contribution in [2.24, 2.45) is 5.92 Å². The Hall–Kier alpha value is -4.90. The van der Waals surface area contributed by atoms with Crippen LogP contribution in [0.2, 0.25) is 0 Å². The number of hydrogen-bond acceptors (Lipinski definition) is 4. The molecule has 5 aromatic carbocycles. The number of benzene rings is 5. The number of allylic oxidation sites excluding steroid dienone is 3. The lowest BCUT2D eigenvalue weighted by molar-refractivity contribution is 0.299. The maximum absolute atomic E-state index is 9.36. The number of para-hydroxylation sites is 2. The molecule has 0 aliphatic heterocycles. The molecule has 4 nitrogen and oxygen atoms in total. The predicted octanol–water partition coefficient (Wildman–Crippen LogP) is 9.24. The van der Waals surface area contributed by atoms with E-state index in [-0.39, 0.29) is 19.1 Å². The Morgan fingerprint density at radius 2 is 0.933 bits per heavy atom. The van der Waals surface area contributed by atoms with E-state index >= 15 is 0 Å². The lowest BCUT2D eigenvalue weighted by Crippen LogP contribution is -2.20. The van der Waals surface area contributed by atoms with Gasteiger partial charge in [0, 0.05) is 53.3 Å². The van der Waals surface area contributed by atoms with E-state index in [1.54, 1.807) is 0 Å². The zero-order valence-electron chi connectivity index (χ0n) is 25.7. The number of aliphatic hydroxyl groups is 2. The number of hydrogen-bond donors (Lipinski definition) is 2. The second-order valence-corrected chi connectivity index (χ2v) is 11.5. The third-order valence-electron chi connectivity index (χ3n) is 8.49. The van der Waals surface area contributed by atoms with E-state index in [1.807, 2.05) is 12.1 Å². The normalized spacial score (nSPS) is 15.8. The Morgan fingerprint density at radius 3 is 1.40 bits per heavy atom. The summed E-state index contributed by atoms with van der Waals surface area (Å²) in [6.45, 7) is 2.59. The molecule has 0 radical (unpaired) electrons. The third-order valence-corrected chi connectivity index (χ3v) is 8.49. The van der Waals surface area contributed by atoms with Crippen LogP contribution in [-0.2, 0) is 12.8 Å². The minimum atomic E-state index is 0.150. The summed E-state index contributed by atoms with van der Waals surface area (Å²) in [7, 11) is 0. The largest absolute Gasteiger partial charge is 0.396 e. The summed E-state index contributed by atoms with van der Waals surface area (Å²) in [6.07, 6.45) is 8.27. The van der Waals surface area contributed by atoms with Gasteiger partial charge in [-0.25, -0.2) is 0 Å². The van der Waals surface area contributed by atoms with Crippen molar-refractivity contribution in [2.75, 3.05) is 23.0 Å². The van der Waals surface area contributed by atoms with E-state index in [2.05, 4.69) is 156 Å². The van der Waals surface area contributed by atoms with Crippen molar-refractivity contribution in [3.63, 3.8) is 0 Å². The van der Waals surface area contributed by atoms with Gasteiger partial charge in [0.05, 0.1) is 0 Å². The molecule has 0 bridgehead atoms. The highest BCUT2D eigenvalue weighted by Crippen LogP contribution is 2.40. The molecule has 0 fully saturated rings. The van der Waals surface area contributed by atoms with Gasteiger partial charge in [-0.3, -0.25) is 0 Å². The second kappa shape index (κ2) is 14.3. The van der Waals surface area contributed by atoms with Gasteiger partial charge >= 0.3 is 0 Å². The van der Waals surface area contributed by atoms with Crippen LogP contribution in [0.1, 0.15) is 29.5 Å². The molecule has 2 atom stereocenters. The molecular weight excluding hydrogens is 552 g/mol. The molecule has 0 aromatic heterocycles. The van der Waals surface area contributed by atoms with Crippen LogP contribution < -0.4 is 9.80 Å². The molecule has 2 unspecified atom stereocenters. The zero-order valence-corrected chi connectivity index (χ0v) is 25.7. The van der Waals surface area contributed by atoms with Gasteiger partial charge in [-0.15, -0.1) is 0 Å². The highest BCUT2D eigenvalue weighted by Gasteiger charge is 2.23. The van der Waals surface area contributed by atoms with Crippen molar-refractivity contribution in [1.29, 1.82) is 0 Å². The Morgan fingerprint density at radius 1 is 0.511 bits per heavy atom. The van der Waals surface area contributed by atoms with E-state index < -0.39 is 0 Å². The molecule has 226 valence electrons. The second-order valence-electron chi connectivity index (χ2n) is 11.5. The van der Waals surface area contributed by atoms with Crippen molar-refractivity contribution in [1.82, 2.24) is 0 Å². The average Bonchev–Trinajstić information content (AvgIpc) is 3.08. The number of aliphatic hydroxyl groups excluding tert-OH is 2. The van der Waals surface area contributed by atoms with Crippen molar-refractivity contribution in [3.05, 3.63) is 174 Å². The first kappa shape index (κ1) is 30.1. The maximum Gasteiger partial charge on any atom is 0.0471 e. The molecule has 45 heavy (non-hydrogen) atoms. The van der Waals surface area contributed by atoms with E-state index in [4.69, 9.17) is 0 Å². The minimum Gasteiger partial charge on any atom is -0.396 e. The highest BCUT2D eigenvalue weighted by molar-refractivity contribution is 5.77. The smallest absolute Gasteiger partial charge is 0.0471 e. The highest BCUT2D eigenvalue weighted by atomic mass is 16.3. The standard InChI is InChI=1S/C41H40N2O2/c1-31-30-40(43(36-10-6-3-7-11-36)38-20-14-33(15-21-38)27-29-45)24-25-41(31)34-16-22-39(23-17-34)42(35-8-4-2-5-9-35)37-18-12-32(13-19-37)26-28-44/h2-25,30-31,41,44-45H,26-29H2,1H3. The fourth-order valence-electron chi connectivity index (χ4n) is 6.15. The Kier molecular flexibility index (Phi) is 9.55. The topological polar surface area (TPSA) is 46.9 Å². The monoisotopic (exact) mass is 592 g/mol. The van der Waals surface area contributed by atoms with E-state index in [0.29, 0.717) is 18.8 Å². The van der Waals surface area contributed by atoms with Gasteiger partial charge in [-0.05, 0) is 102 Å². The summed E-state index contributed by atoms with van der Waals surface area (Å²) in [5, 5.41) is 18.7. The Labute approximate surface area is 266 Å². The molecule has 0 amide bonds. The molecule has 6 rings (SSSR count). The van der Waals surface area contributed by atoms with Crippen LogP contribution in [0, 0.1) is 5.92 Å². The van der Waals surface area contributed by atoms with Crippen LogP contribution in [0.3, 0.4) is 0 Å². The van der Waals surface area contributed by atoms with Crippen LogP contribution in [0.4, 0.5) is 28.4 Å². The molecule has 1 aliphatic rings. The van der Waals surface area contributed by atoms with Crippen molar-refractivity contribution < 1.29 is 10.2 Å². The summed E-state index contributed by atoms with van der Waals surface area (Å²) < 4.78 is 0. The van der Waals surface area contributed by atoms with Gasteiger partial charge in [0.25, 0.3) is 0 Å². The van der Waals surface area contributed by atoms with Crippen LogP contribution in [0.5, 0.6) is 0 Å². The van der Waals surface area contributed by atoms with E-state index in [9.17, 15) is 10.2 Å². The fraction of sp³-hybridized carbons (Fsp3) is 0.171. The molecule has 0 spiro atoms. The molecule has 1 aliphatic carbocycles. The van der Waals surface area contributed by atoms with Gasteiger partial charge in [0.15, 0.2) is 0 Å². The maximum atomic E-state index is 9.36. The molecule has 2 N–H and O–H groups in total. The first-order chi connectivity index (χ1) is 22.1. The van der Waals surface area contributed by atoms with Gasteiger partial charge in [0.1, 0.15) is 0 Å². The van der Waals surface area contributed by atoms with E-state index in [1.165, 1.54) is 5.56 Å². The van der Waals surface area contributed by atoms with E-state index in [0.717, 1.165) is 45.3 Å². The number of anilines is 5. The number of rotatable bonds is 11. The SMILES string of the molecule is CC1C=C(N(c2ccccc2)c2ccc(CCO)cc2)C=CC1c1ccc(N(c2ccccc2)c2ccc(CCO)cc2)cc1. The molecule has 0 heterocycles. The quantitative estimate of drug-likeness (QED) is 0.161. The summed E-state index contributed by atoms with van der Waals surface area (Å²) in [6, 6.07) is 46.8. The average molecular weight is 593 g/mol. The lowest BCUT2D eigenvalue weighted by atomic mass is 9.83. The van der Waals surface area contributed by atoms with Crippen LogP contribution >= 0.6 is 0 Å². The molecule has 0 saturated heterocycles. The Balaban J connectivity index is 1.26.